The average Bonchev–Trinajstić information content (AvgIpc) is 2.92. The molecule has 2 N–H and O–H groups in total. The van der Waals surface area contributed by atoms with Crippen LogP contribution in [0, 0.1) is 0 Å². The topological polar surface area (TPSA) is 53.7 Å². The van der Waals surface area contributed by atoms with E-state index in [2.05, 4.69) is 15.9 Å². The Morgan fingerprint density at radius 1 is 1.19 bits per heavy atom. The minimum absolute atomic E-state index is 0.261. The Labute approximate surface area is 135 Å². The van der Waals surface area contributed by atoms with Gasteiger partial charge in [0.15, 0.2) is 11.5 Å². The van der Waals surface area contributed by atoms with Gasteiger partial charge in [-0.15, -0.1) is 0 Å². The predicted octanol–water partition coefficient (Wildman–Crippen LogP) is 3.39. The van der Waals surface area contributed by atoms with Gasteiger partial charge in [0, 0.05) is 4.47 Å². The van der Waals surface area contributed by atoms with Crippen molar-refractivity contribution in [1.82, 2.24) is 0 Å². The molecular formula is C15H12BrNO3S. The Morgan fingerprint density at radius 2 is 2.00 bits per heavy atom. The number of nitrogens with two attached hydrogens (primary N) is 1. The van der Waals surface area contributed by atoms with Gasteiger partial charge in [0.05, 0.1) is 5.56 Å². The van der Waals surface area contributed by atoms with E-state index in [1.165, 1.54) is 0 Å². The minimum atomic E-state index is 0.261. The maximum atomic E-state index is 5.83. The summed E-state index contributed by atoms with van der Waals surface area (Å²) < 4.78 is 17.4. The summed E-state index contributed by atoms with van der Waals surface area (Å²) in [5.74, 6) is 2.14. The van der Waals surface area contributed by atoms with Crippen molar-refractivity contribution in [2.75, 3.05) is 6.79 Å². The highest BCUT2D eigenvalue weighted by molar-refractivity contribution is 9.10. The molecule has 0 bridgehead atoms. The Kier molecular flexibility index (Phi) is 3.98. The maximum Gasteiger partial charge on any atom is 0.231 e. The van der Waals surface area contributed by atoms with Crippen LogP contribution in [0.1, 0.15) is 11.1 Å². The maximum absolute atomic E-state index is 5.83. The highest BCUT2D eigenvalue weighted by Crippen LogP contribution is 2.33. The number of halogens is 1. The summed E-state index contributed by atoms with van der Waals surface area (Å²) in [4.78, 5) is 0.309. The van der Waals surface area contributed by atoms with Gasteiger partial charge in [0.2, 0.25) is 6.79 Å². The van der Waals surface area contributed by atoms with E-state index in [1.807, 2.05) is 36.4 Å². The molecule has 4 nitrogen and oxygen atoms in total. The summed E-state index contributed by atoms with van der Waals surface area (Å²) in [6.07, 6.45) is 0. The Hall–Kier alpha value is -1.79. The van der Waals surface area contributed by atoms with E-state index in [-0.39, 0.29) is 6.79 Å². The minimum Gasteiger partial charge on any atom is -0.488 e. The lowest BCUT2D eigenvalue weighted by Gasteiger charge is -2.11. The molecule has 0 fully saturated rings. The van der Waals surface area contributed by atoms with Crippen LogP contribution in [0.3, 0.4) is 0 Å². The Morgan fingerprint density at radius 3 is 2.81 bits per heavy atom. The smallest absolute Gasteiger partial charge is 0.231 e. The second kappa shape index (κ2) is 5.91. The SMILES string of the molecule is NC(=S)c1ccc(Br)cc1OCc1ccc2c(c1)OCO2. The van der Waals surface area contributed by atoms with Gasteiger partial charge in [-0.25, -0.2) is 0 Å². The molecule has 2 aromatic rings. The van der Waals surface area contributed by atoms with Gasteiger partial charge in [-0.05, 0) is 35.9 Å². The van der Waals surface area contributed by atoms with E-state index >= 15 is 0 Å². The third-order valence-electron chi connectivity index (χ3n) is 3.04. The molecule has 0 unspecified atom stereocenters. The van der Waals surface area contributed by atoms with E-state index in [4.69, 9.17) is 32.2 Å². The molecule has 1 aliphatic heterocycles. The standard InChI is InChI=1S/C15H12BrNO3S/c16-10-2-3-11(15(17)21)13(6-10)18-7-9-1-4-12-14(5-9)20-8-19-12/h1-6H,7-8H2,(H2,17,21). The first kappa shape index (κ1) is 14.2. The largest absolute Gasteiger partial charge is 0.488 e. The van der Waals surface area contributed by atoms with Crippen LogP contribution in [-0.4, -0.2) is 11.8 Å². The number of rotatable bonds is 4. The lowest BCUT2D eigenvalue weighted by Crippen LogP contribution is -2.11. The molecule has 0 saturated heterocycles. The number of benzene rings is 2. The van der Waals surface area contributed by atoms with Crippen LogP contribution >= 0.6 is 28.1 Å². The zero-order valence-corrected chi connectivity index (χ0v) is 13.4. The molecule has 0 aromatic heterocycles. The zero-order chi connectivity index (χ0) is 14.8. The fourth-order valence-corrected chi connectivity index (χ4v) is 2.52. The van der Waals surface area contributed by atoms with Gasteiger partial charge in [-0.2, -0.15) is 0 Å². The first-order valence-corrected chi connectivity index (χ1v) is 7.44. The summed E-state index contributed by atoms with van der Waals surface area (Å²) >= 11 is 8.45. The third kappa shape index (κ3) is 3.11. The van der Waals surface area contributed by atoms with Crippen LogP contribution in [0.4, 0.5) is 0 Å². The van der Waals surface area contributed by atoms with Crippen LogP contribution in [0.5, 0.6) is 17.2 Å². The first-order valence-electron chi connectivity index (χ1n) is 6.24. The third-order valence-corrected chi connectivity index (χ3v) is 3.75. The van der Waals surface area contributed by atoms with Crippen LogP contribution in [0.25, 0.3) is 0 Å². The molecule has 0 aliphatic carbocycles. The molecule has 108 valence electrons. The van der Waals surface area contributed by atoms with Crippen LogP contribution < -0.4 is 19.9 Å². The van der Waals surface area contributed by atoms with Crippen molar-refractivity contribution in [3.8, 4) is 17.2 Å². The number of hydrogen-bond donors (Lipinski definition) is 1. The molecular weight excluding hydrogens is 354 g/mol. The van der Waals surface area contributed by atoms with Crippen molar-refractivity contribution in [2.45, 2.75) is 6.61 Å². The highest BCUT2D eigenvalue weighted by atomic mass is 79.9. The van der Waals surface area contributed by atoms with Crippen LogP contribution in [0.2, 0.25) is 0 Å². The molecule has 1 heterocycles. The second-order valence-corrected chi connectivity index (χ2v) is 5.84. The summed E-state index contributed by atoms with van der Waals surface area (Å²) in [7, 11) is 0. The number of thiocarbonyl (C=S) groups is 1. The van der Waals surface area contributed by atoms with Gasteiger partial charge in [-0.1, -0.05) is 34.2 Å². The van der Waals surface area contributed by atoms with Crippen molar-refractivity contribution in [3.05, 3.63) is 52.0 Å². The van der Waals surface area contributed by atoms with Gasteiger partial charge >= 0.3 is 0 Å². The monoisotopic (exact) mass is 365 g/mol. The summed E-state index contributed by atoms with van der Waals surface area (Å²) in [5, 5.41) is 0. The molecule has 0 amide bonds. The summed E-state index contributed by atoms with van der Waals surface area (Å²) in [6.45, 7) is 0.652. The molecule has 6 heteroatoms. The Balaban J connectivity index is 1.78. The van der Waals surface area contributed by atoms with Gasteiger partial charge in [0.1, 0.15) is 17.3 Å². The lowest BCUT2D eigenvalue weighted by atomic mass is 10.2. The molecule has 0 spiro atoms. The molecule has 0 radical (unpaired) electrons. The number of fused-ring (bicyclic) bond motifs is 1. The summed E-state index contributed by atoms with van der Waals surface area (Å²) in [6, 6.07) is 11.3. The zero-order valence-electron chi connectivity index (χ0n) is 11.0. The van der Waals surface area contributed by atoms with Gasteiger partial charge < -0.3 is 19.9 Å². The van der Waals surface area contributed by atoms with Crippen molar-refractivity contribution < 1.29 is 14.2 Å². The van der Waals surface area contributed by atoms with Crippen molar-refractivity contribution >= 4 is 33.1 Å². The van der Waals surface area contributed by atoms with E-state index in [0.717, 1.165) is 21.5 Å². The fraction of sp³-hybridized carbons (Fsp3) is 0.133. The molecule has 3 rings (SSSR count). The lowest BCUT2D eigenvalue weighted by molar-refractivity contribution is 0.174. The Bertz CT molecular complexity index is 705. The van der Waals surface area contributed by atoms with E-state index in [0.29, 0.717) is 22.9 Å². The average molecular weight is 366 g/mol. The number of ether oxygens (including phenoxy) is 3. The summed E-state index contributed by atoms with van der Waals surface area (Å²) in [5.41, 5.74) is 7.40. The van der Waals surface area contributed by atoms with Gasteiger partial charge in [0.25, 0.3) is 0 Å². The molecule has 21 heavy (non-hydrogen) atoms. The molecule has 0 atom stereocenters. The predicted molar refractivity (Wildman–Crippen MR) is 86.9 cm³/mol. The number of hydrogen-bond acceptors (Lipinski definition) is 4. The van der Waals surface area contributed by atoms with Crippen molar-refractivity contribution in [1.29, 1.82) is 0 Å². The highest BCUT2D eigenvalue weighted by Gasteiger charge is 2.14. The van der Waals surface area contributed by atoms with E-state index in [9.17, 15) is 0 Å². The van der Waals surface area contributed by atoms with Crippen molar-refractivity contribution in [2.24, 2.45) is 5.73 Å². The van der Waals surface area contributed by atoms with Crippen molar-refractivity contribution in [3.63, 3.8) is 0 Å². The van der Waals surface area contributed by atoms with Crippen LogP contribution in [0.15, 0.2) is 40.9 Å². The van der Waals surface area contributed by atoms with E-state index < -0.39 is 0 Å². The fourth-order valence-electron chi connectivity index (χ4n) is 2.01. The molecule has 1 aliphatic rings. The second-order valence-electron chi connectivity index (χ2n) is 4.48. The van der Waals surface area contributed by atoms with Gasteiger partial charge in [-0.3, -0.25) is 0 Å². The first-order chi connectivity index (χ1) is 10.1. The molecule has 0 saturated carbocycles. The van der Waals surface area contributed by atoms with E-state index in [1.54, 1.807) is 0 Å². The normalized spacial score (nSPS) is 12.2. The quantitative estimate of drug-likeness (QED) is 0.841. The van der Waals surface area contributed by atoms with Crippen LogP contribution in [-0.2, 0) is 6.61 Å². The molecule has 2 aromatic carbocycles.